The summed E-state index contributed by atoms with van der Waals surface area (Å²) in [7, 11) is 0. The first-order valence-corrected chi connectivity index (χ1v) is 14.3. The van der Waals surface area contributed by atoms with E-state index in [4.69, 9.17) is 27.7 Å². The van der Waals surface area contributed by atoms with E-state index < -0.39 is 5.54 Å². The van der Waals surface area contributed by atoms with Crippen LogP contribution >= 0.6 is 12.2 Å². The fourth-order valence-corrected chi connectivity index (χ4v) is 5.84. The number of thiocarbonyl (C=S) groups is 1. The van der Waals surface area contributed by atoms with Crippen LogP contribution in [-0.4, -0.2) is 113 Å². The number of guanidine groups is 1. The lowest BCUT2D eigenvalue weighted by atomic mass is 9.83. The Morgan fingerprint density at radius 2 is 1.74 bits per heavy atom. The van der Waals surface area contributed by atoms with Crippen molar-refractivity contribution in [2.75, 3.05) is 70.9 Å². The third-order valence-electron chi connectivity index (χ3n) is 7.75. The molecule has 3 aliphatic rings. The van der Waals surface area contributed by atoms with Crippen molar-refractivity contribution in [2.24, 2.45) is 10.7 Å². The van der Waals surface area contributed by atoms with E-state index in [1.54, 1.807) is 0 Å². The molecule has 1 aromatic rings. The minimum atomic E-state index is -0.600. The molecular formula is C26H43N9O2S. The van der Waals surface area contributed by atoms with E-state index in [2.05, 4.69) is 35.3 Å². The summed E-state index contributed by atoms with van der Waals surface area (Å²) in [6, 6.07) is 1.93. The summed E-state index contributed by atoms with van der Waals surface area (Å²) in [5.74, 6) is 0.858. The lowest BCUT2D eigenvalue weighted by Gasteiger charge is -2.48. The molecule has 0 aromatic carbocycles. The zero-order valence-electron chi connectivity index (χ0n) is 22.9. The molecule has 0 bridgehead atoms. The van der Waals surface area contributed by atoms with Crippen molar-refractivity contribution in [1.29, 1.82) is 0 Å². The molecule has 0 aliphatic carbocycles. The molecule has 1 aromatic heterocycles. The summed E-state index contributed by atoms with van der Waals surface area (Å²) < 4.78 is 5.42. The maximum atomic E-state index is 12.7. The molecule has 3 aliphatic heterocycles. The Kier molecular flexibility index (Phi) is 10.2. The number of anilines is 1. The third-order valence-corrected chi connectivity index (χ3v) is 7.99. The smallest absolute Gasteiger partial charge is 0.238 e. The Bertz CT molecular complexity index is 965. The molecule has 4 N–H and O–H groups in total. The van der Waals surface area contributed by atoms with E-state index in [0.29, 0.717) is 43.0 Å². The highest BCUT2D eigenvalue weighted by molar-refractivity contribution is 7.80. The number of aromatic nitrogens is 2. The molecule has 0 radical (unpaired) electrons. The fraction of sp³-hybridized carbons (Fsp3) is 0.731. The number of primary amides is 1. The van der Waals surface area contributed by atoms with Gasteiger partial charge in [-0.15, -0.1) is 0 Å². The molecule has 3 saturated heterocycles. The summed E-state index contributed by atoms with van der Waals surface area (Å²) in [6.07, 6.45) is 5.71. The predicted molar refractivity (Wildman–Crippen MR) is 153 cm³/mol. The van der Waals surface area contributed by atoms with Crippen molar-refractivity contribution in [2.45, 2.75) is 57.9 Å². The van der Waals surface area contributed by atoms with Gasteiger partial charge in [0.05, 0.1) is 13.2 Å². The van der Waals surface area contributed by atoms with Crippen LogP contribution in [0.25, 0.3) is 0 Å². The van der Waals surface area contributed by atoms with Crippen LogP contribution in [0.5, 0.6) is 0 Å². The van der Waals surface area contributed by atoms with Crippen molar-refractivity contribution in [3.63, 3.8) is 0 Å². The van der Waals surface area contributed by atoms with Gasteiger partial charge in [0.15, 0.2) is 5.11 Å². The quantitative estimate of drug-likeness (QED) is 0.200. The number of amides is 1. The molecular weight excluding hydrogens is 502 g/mol. The fourth-order valence-electron chi connectivity index (χ4n) is 5.65. The number of piperidine rings is 2. The molecule has 210 valence electrons. The summed E-state index contributed by atoms with van der Waals surface area (Å²) in [5.41, 5.74) is 7.16. The lowest BCUT2D eigenvalue weighted by molar-refractivity contribution is -0.134. The number of aliphatic imine (C=N–C) groups is 1. The SMILES string of the molecule is Cc1cc(C)nc(N/C(=N/C(=S)NCCCN2CCOCC2)N2CCC(C(N)=O)(N3CCCCC3)CC2)n1. The van der Waals surface area contributed by atoms with E-state index >= 15 is 0 Å². The number of aryl methyl sites for hydroxylation is 2. The molecule has 0 atom stereocenters. The monoisotopic (exact) mass is 545 g/mol. The number of ether oxygens (including phenoxy) is 1. The second kappa shape index (κ2) is 13.6. The van der Waals surface area contributed by atoms with Crippen molar-refractivity contribution in [3.05, 3.63) is 17.5 Å². The van der Waals surface area contributed by atoms with Gasteiger partial charge >= 0.3 is 0 Å². The highest BCUT2D eigenvalue weighted by atomic mass is 32.1. The number of carbonyl (C=O) groups is 1. The van der Waals surface area contributed by atoms with E-state index in [0.717, 1.165) is 83.1 Å². The Labute approximate surface area is 231 Å². The van der Waals surface area contributed by atoms with Crippen LogP contribution in [0.3, 0.4) is 0 Å². The van der Waals surface area contributed by atoms with Gasteiger partial charge in [0.2, 0.25) is 17.8 Å². The van der Waals surface area contributed by atoms with Crippen molar-refractivity contribution in [1.82, 2.24) is 30.0 Å². The molecule has 4 rings (SSSR count). The number of morpholine rings is 1. The van der Waals surface area contributed by atoms with Gasteiger partial charge in [-0.3, -0.25) is 19.9 Å². The molecule has 0 saturated carbocycles. The highest BCUT2D eigenvalue weighted by Crippen LogP contribution is 2.31. The average molecular weight is 546 g/mol. The number of nitrogens with two attached hydrogens (primary N) is 1. The van der Waals surface area contributed by atoms with Gasteiger partial charge in [0, 0.05) is 44.1 Å². The number of carbonyl (C=O) groups excluding carboxylic acids is 1. The van der Waals surface area contributed by atoms with Crippen LogP contribution in [0, 0.1) is 13.8 Å². The normalized spacial score (nSPS) is 21.2. The molecule has 11 nitrogen and oxygen atoms in total. The topological polar surface area (TPSA) is 124 Å². The van der Waals surface area contributed by atoms with E-state index in [-0.39, 0.29) is 5.91 Å². The van der Waals surface area contributed by atoms with E-state index in [1.807, 2.05) is 19.9 Å². The highest BCUT2D eigenvalue weighted by Gasteiger charge is 2.45. The number of nitrogens with one attached hydrogen (secondary N) is 2. The Morgan fingerprint density at radius 1 is 1.08 bits per heavy atom. The average Bonchev–Trinajstić information content (AvgIpc) is 2.91. The Hall–Kier alpha value is -2.41. The van der Waals surface area contributed by atoms with Gasteiger partial charge in [-0.25, -0.2) is 9.97 Å². The van der Waals surface area contributed by atoms with Crippen LogP contribution in [0.15, 0.2) is 11.1 Å². The van der Waals surface area contributed by atoms with Gasteiger partial charge in [-0.05, 0) is 83.9 Å². The molecule has 0 unspecified atom stereocenters. The first-order valence-electron chi connectivity index (χ1n) is 13.9. The van der Waals surface area contributed by atoms with E-state index in [1.165, 1.54) is 6.42 Å². The van der Waals surface area contributed by atoms with Gasteiger partial charge in [0.1, 0.15) is 5.54 Å². The van der Waals surface area contributed by atoms with Crippen LogP contribution in [0.2, 0.25) is 0 Å². The maximum absolute atomic E-state index is 12.7. The van der Waals surface area contributed by atoms with Gasteiger partial charge in [0.25, 0.3) is 0 Å². The Morgan fingerprint density at radius 3 is 2.37 bits per heavy atom. The minimum Gasteiger partial charge on any atom is -0.379 e. The van der Waals surface area contributed by atoms with Crippen LogP contribution in [0.1, 0.15) is 49.9 Å². The number of likely N-dealkylation sites (tertiary alicyclic amines) is 2. The van der Waals surface area contributed by atoms with Crippen LogP contribution in [-0.2, 0) is 9.53 Å². The zero-order chi connectivity index (χ0) is 27.0. The van der Waals surface area contributed by atoms with Crippen LogP contribution in [0.4, 0.5) is 5.95 Å². The minimum absolute atomic E-state index is 0.222. The molecule has 1 amide bonds. The van der Waals surface area contributed by atoms with Gasteiger partial charge in [-0.2, -0.15) is 4.99 Å². The van der Waals surface area contributed by atoms with Crippen molar-refractivity contribution >= 4 is 35.1 Å². The molecule has 4 heterocycles. The predicted octanol–water partition coefficient (Wildman–Crippen LogP) is 1.26. The number of hydrogen-bond acceptors (Lipinski definition) is 7. The maximum Gasteiger partial charge on any atom is 0.238 e. The molecule has 38 heavy (non-hydrogen) atoms. The van der Waals surface area contributed by atoms with E-state index in [9.17, 15) is 4.79 Å². The second-order valence-electron chi connectivity index (χ2n) is 10.5. The first kappa shape index (κ1) is 28.6. The standard InChI is InChI=1S/C26H43N9O2S/c1-20-19-21(2)30-23(29-20)31-24(32-25(38)28-9-6-10-33-15-17-37-18-16-33)34-13-7-26(8-14-34,22(27)36)35-11-4-3-5-12-35/h19H,3-18H2,1-2H3,(H2,27,36)(H2,28,29,30,31,32,38). The molecule has 0 spiro atoms. The molecule has 12 heteroatoms. The second-order valence-corrected chi connectivity index (χ2v) is 10.9. The number of rotatable bonds is 7. The summed E-state index contributed by atoms with van der Waals surface area (Å²) in [4.78, 5) is 33.4. The van der Waals surface area contributed by atoms with Crippen LogP contribution < -0.4 is 16.4 Å². The number of hydrogen-bond donors (Lipinski definition) is 3. The lowest BCUT2D eigenvalue weighted by Crippen LogP contribution is -2.64. The van der Waals surface area contributed by atoms with Crippen molar-refractivity contribution < 1.29 is 9.53 Å². The third kappa shape index (κ3) is 7.58. The summed E-state index contributed by atoms with van der Waals surface area (Å²) >= 11 is 5.60. The number of nitrogens with zero attached hydrogens (tertiary/aromatic N) is 6. The molecule has 3 fully saturated rings. The Balaban J connectivity index is 1.42. The summed E-state index contributed by atoms with van der Waals surface area (Å²) in [5, 5.41) is 7.01. The first-order chi connectivity index (χ1) is 18.4. The van der Waals surface area contributed by atoms with Crippen molar-refractivity contribution in [3.8, 4) is 0 Å². The van der Waals surface area contributed by atoms with Gasteiger partial charge in [-0.1, -0.05) is 6.42 Å². The summed E-state index contributed by atoms with van der Waals surface area (Å²) in [6.45, 7) is 12.3. The zero-order valence-corrected chi connectivity index (χ0v) is 23.7. The largest absolute Gasteiger partial charge is 0.379 e. The van der Waals surface area contributed by atoms with Gasteiger partial charge < -0.3 is 20.7 Å².